The summed E-state index contributed by atoms with van der Waals surface area (Å²) in [4.78, 5) is 22.5. The number of ether oxygens (including phenoxy) is 1. The Kier molecular flexibility index (Phi) is 7.11. The summed E-state index contributed by atoms with van der Waals surface area (Å²) in [6, 6.07) is 7.88. The van der Waals surface area contributed by atoms with E-state index in [4.69, 9.17) is 28.6 Å². The molecule has 0 radical (unpaired) electrons. The Balaban J connectivity index is 1.97. The van der Waals surface area contributed by atoms with Gasteiger partial charge in [0.15, 0.2) is 11.7 Å². The zero-order valence-electron chi connectivity index (χ0n) is 14.3. The molecular formula is C17H15BrClN3O4S. The van der Waals surface area contributed by atoms with Crippen LogP contribution in [0.5, 0.6) is 5.75 Å². The molecular weight excluding hydrogens is 458 g/mol. The Hall–Kier alpha value is -2.23. The van der Waals surface area contributed by atoms with Crippen molar-refractivity contribution in [3.8, 4) is 5.75 Å². The number of thiocarbonyl (C=S) groups is 1. The summed E-state index contributed by atoms with van der Waals surface area (Å²) in [6.07, 6.45) is 0. The fourth-order valence-corrected chi connectivity index (χ4v) is 3.48. The van der Waals surface area contributed by atoms with E-state index in [0.29, 0.717) is 5.75 Å². The first kappa shape index (κ1) is 21.1. The summed E-state index contributed by atoms with van der Waals surface area (Å²) in [6.45, 7) is 3.55. The standard InChI is InChI=1S/C17H15BrClN3O4S/c1-9-5-10(2)16(12(18)6-9)26-8-15(23)21-17(27)20-13-4-3-11(19)7-14(13)22(24)25/h3-7H,8H2,1-2H3,(H2,20,21,23,27). The molecule has 142 valence electrons. The van der Waals surface area contributed by atoms with E-state index in [1.54, 1.807) is 0 Å². The molecule has 2 aromatic rings. The lowest BCUT2D eigenvalue weighted by Crippen LogP contribution is -2.37. The summed E-state index contributed by atoms with van der Waals surface area (Å²) in [5, 5.41) is 16.2. The minimum atomic E-state index is -0.598. The molecule has 10 heteroatoms. The van der Waals surface area contributed by atoms with Gasteiger partial charge >= 0.3 is 0 Å². The molecule has 0 saturated carbocycles. The van der Waals surface area contributed by atoms with Gasteiger partial charge in [0.25, 0.3) is 11.6 Å². The smallest absolute Gasteiger partial charge is 0.294 e. The van der Waals surface area contributed by atoms with Crippen molar-refractivity contribution in [1.82, 2.24) is 5.32 Å². The van der Waals surface area contributed by atoms with Crippen molar-refractivity contribution >= 4 is 62.1 Å². The monoisotopic (exact) mass is 471 g/mol. The van der Waals surface area contributed by atoms with E-state index >= 15 is 0 Å². The molecule has 2 rings (SSSR count). The second-order valence-electron chi connectivity index (χ2n) is 5.60. The summed E-state index contributed by atoms with van der Waals surface area (Å²) in [5.74, 6) is 0.0546. The number of anilines is 1. The average molecular weight is 473 g/mol. The summed E-state index contributed by atoms with van der Waals surface area (Å²) >= 11 is 14.2. The van der Waals surface area contributed by atoms with Crippen LogP contribution < -0.4 is 15.4 Å². The highest BCUT2D eigenvalue weighted by Gasteiger charge is 2.16. The third-order valence-corrected chi connectivity index (χ3v) is 4.41. The second kappa shape index (κ2) is 9.12. The molecule has 0 spiro atoms. The first-order valence-electron chi connectivity index (χ1n) is 7.61. The largest absolute Gasteiger partial charge is 0.482 e. The predicted octanol–water partition coefficient (Wildman–Crippen LogP) is 4.52. The van der Waals surface area contributed by atoms with Crippen LogP contribution in [0.1, 0.15) is 11.1 Å². The molecule has 2 N–H and O–H groups in total. The highest BCUT2D eigenvalue weighted by Crippen LogP contribution is 2.30. The topological polar surface area (TPSA) is 93.5 Å². The maximum Gasteiger partial charge on any atom is 0.294 e. The Morgan fingerprint density at radius 2 is 2.04 bits per heavy atom. The lowest BCUT2D eigenvalue weighted by molar-refractivity contribution is -0.383. The van der Waals surface area contributed by atoms with E-state index < -0.39 is 10.8 Å². The molecule has 0 aliphatic carbocycles. The molecule has 0 aromatic heterocycles. The van der Waals surface area contributed by atoms with Crippen LogP contribution in [0.2, 0.25) is 5.02 Å². The number of halogens is 2. The summed E-state index contributed by atoms with van der Waals surface area (Å²) < 4.78 is 6.28. The van der Waals surface area contributed by atoms with Gasteiger partial charge in [-0.05, 0) is 71.3 Å². The number of amides is 1. The highest BCUT2D eigenvalue weighted by atomic mass is 79.9. The van der Waals surface area contributed by atoms with Crippen LogP contribution in [0.25, 0.3) is 0 Å². The molecule has 27 heavy (non-hydrogen) atoms. The SMILES string of the molecule is Cc1cc(C)c(OCC(=O)NC(=S)Nc2ccc(Cl)cc2[N+](=O)[O-])c(Br)c1. The maximum atomic E-state index is 12.0. The molecule has 0 heterocycles. The molecule has 7 nitrogen and oxygen atoms in total. The highest BCUT2D eigenvalue weighted by molar-refractivity contribution is 9.10. The average Bonchev–Trinajstić information content (AvgIpc) is 2.55. The molecule has 0 bridgehead atoms. The fraction of sp³-hybridized carbons (Fsp3) is 0.176. The number of carbonyl (C=O) groups excluding carboxylic acids is 1. The van der Waals surface area contributed by atoms with E-state index in [9.17, 15) is 14.9 Å². The minimum absolute atomic E-state index is 0.0892. The van der Waals surface area contributed by atoms with Crippen LogP contribution >= 0.6 is 39.7 Å². The Bertz CT molecular complexity index is 900. The maximum absolute atomic E-state index is 12.0. The van der Waals surface area contributed by atoms with E-state index in [2.05, 4.69) is 26.6 Å². The van der Waals surface area contributed by atoms with Gasteiger partial charge in [-0.3, -0.25) is 20.2 Å². The van der Waals surface area contributed by atoms with Gasteiger partial charge in [-0.25, -0.2) is 0 Å². The molecule has 1 amide bonds. The number of benzene rings is 2. The number of nitro benzene ring substituents is 1. The van der Waals surface area contributed by atoms with Gasteiger partial charge < -0.3 is 10.1 Å². The number of hydrogen-bond donors (Lipinski definition) is 2. The number of nitro groups is 1. The number of aryl methyl sites for hydroxylation is 2. The van der Waals surface area contributed by atoms with Gasteiger partial charge in [0.05, 0.1) is 9.40 Å². The number of nitrogens with zero attached hydrogens (tertiary/aromatic N) is 1. The van der Waals surface area contributed by atoms with Crippen molar-refractivity contribution in [3.63, 3.8) is 0 Å². The van der Waals surface area contributed by atoms with E-state index in [1.807, 2.05) is 26.0 Å². The first-order chi connectivity index (χ1) is 12.7. The minimum Gasteiger partial charge on any atom is -0.482 e. The first-order valence-corrected chi connectivity index (χ1v) is 9.19. The van der Waals surface area contributed by atoms with Crippen LogP contribution in [0.4, 0.5) is 11.4 Å². The van der Waals surface area contributed by atoms with Crippen molar-refractivity contribution in [2.75, 3.05) is 11.9 Å². The normalized spacial score (nSPS) is 10.2. The predicted molar refractivity (Wildman–Crippen MR) is 112 cm³/mol. The Labute approximate surface area is 174 Å². The van der Waals surface area contributed by atoms with Gasteiger partial charge in [0, 0.05) is 11.1 Å². The molecule has 2 aromatic carbocycles. The lowest BCUT2D eigenvalue weighted by atomic mass is 10.1. The van der Waals surface area contributed by atoms with Gasteiger partial charge in [-0.1, -0.05) is 17.7 Å². The molecule has 0 saturated heterocycles. The molecule has 0 aliphatic rings. The van der Waals surface area contributed by atoms with Crippen molar-refractivity contribution in [2.24, 2.45) is 0 Å². The van der Waals surface area contributed by atoms with Crippen LogP contribution in [-0.4, -0.2) is 22.5 Å². The summed E-state index contributed by atoms with van der Waals surface area (Å²) in [5.41, 5.74) is 1.81. The lowest BCUT2D eigenvalue weighted by Gasteiger charge is -2.13. The fourth-order valence-electron chi connectivity index (χ4n) is 2.30. The van der Waals surface area contributed by atoms with E-state index in [-0.39, 0.29) is 28.1 Å². The zero-order chi connectivity index (χ0) is 20.1. The van der Waals surface area contributed by atoms with Crippen LogP contribution in [0.15, 0.2) is 34.8 Å². The molecule has 0 aliphatic heterocycles. The Morgan fingerprint density at radius 3 is 2.67 bits per heavy atom. The van der Waals surface area contributed by atoms with Gasteiger partial charge in [0.2, 0.25) is 0 Å². The third kappa shape index (κ3) is 5.88. The molecule has 0 atom stereocenters. The Morgan fingerprint density at radius 1 is 1.33 bits per heavy atom. The number of hydrogen-bond acceptors (Lipinski definition) is 5. The van der Waals surface area contributed by atoms with Crippen LogP contribution in [0, 0.1) is 24.0 Å². The number of carbonyl (C=O) groups is 1. The molecule has 0 fully saturated rings. The molecule has 0 unspecified atom stereocenters. The van der Waals surface area contributed by atoms with Gasteiger partial charge in [0.1, 0.15) is 11.4 Å². The van der Waals surface area contributed by atoms with Crippen LogP contribution in [0.3, 0.4) is 0 Å². The third-order valence-electron chi connectivity index (χ3n) is 3.38. The van der Waals surface area contributed by atoms with Crippen molar-refractivity contribution < 1.29 is 14.5 Å². The van der Waals surface area contributed by atoms with Crippen LogP contribution in [-0.2, 0) is 4.79 Å². The quantitative estimate of drug-likeness (QED) is 0.377. The second-order valence-corrected chi connectivity index (χ2v) is 7.30. The zero-order valence-corrected chi connectivity index (χ0v) is 17.5. The summed E-state index contributed by atoms with van der Waals surface area (Å²) in [7, 11) is 0. The number of rotatable bonds is 5. The van der Waals surface area contributed by atoms with E-state index in [1.165, 1.54) is 18.2 Å². The van der Waals surface area contributed by atoms with Crippen molar-refractivity contribution in [3.05, 3.63) is 61.1 Å². The van der Waals surface area contributed by atoms with E-state index in [0.717, 1.165) is 15.6 Å². The number of nitrogens with one attached hydrogen (secondary N) is 2. The van der Waals surface area contributed by atoms with Gasteiger partial charge in [-0.2, -0.15) is 0 Å². The van der Waals surface area contributed by atoms with Crippen molar-refractivity contribution in [2.45, 2.75) is 13.8 Å². The van der Waals surface area contributed by atoms with Gasteiger partial charge in [-0.15, -0.1) is 0 Å². The van der Waals surface area contributed by atoms with Crippen molar-refractivity contribution in [1.29, 1.82) is 0 Å².